The van der Waals surface area contributed by atoms with Gasteiger partial charge in [-0.05, 0) is 54.0 Å². The van der Waals surface area contributed by atoms with E-state index in [2.05, 4.69) is 5.32 Å². The molecule has 4 amide bonds. The first-order valence-corrected chi connectivity index (χ1v) is 10.7. The predicted octanol–water partition coefficient (Wildman–Crippen LogP) is 5.55. The number of hydrogen-bond acceptors (Lipinski definition) is 4. The number of amides is 4. The minimum atomic E-state index is -0.838. The van der Waals surface area contributed by atoms with Crippen LogP contribution in [0.3, 0.4) is 0 Å². The number of barbiturate groups is 1. The number of carbonyl (C=O) groups excluding carboxylic acids is 3. The molecule has 0 atom stereocenters. The number of nitrogens with one attached hydrogen (secondary N) is 1. The van der Waals surface area contributed by atoms with Crippen LogP contribution in [0.2, 0.25) is 10.0 Å². The summed E-state index contributed by atoms with van der Waals surface area (Å²) in [6.07, 6.45) is 1.38. The van der Waals surface area contributed by atoms with Crippen LogP contribution in [0, 0.1) is 6.92 Å². The number of urea groups is 1. The topological polar surface area (TPSA) is 75.7 Å². The monoisotopic (exact) mass is 480 g/mol. The molecule has 1 N–H and O–H groups in total. The van der Waals surface area contributed by atoms with Crippen molar-refractivity contribution in [3.05, 3.63) is 99.0 Å². The SMILES string of the molecule is Cc1ccc(Cl)cc1N1C(=O)NC(=O)/C(=C\c2ccc(OCc3ccccc3)c(Cl)c2)C1=O. The van der Waals surface area contributed by atoms with E-state index < -0.39 is 17.8 Å². The Kier molecular flexibility index (Phi) is 6.49. The average molecular weight is 481 g/mol. The molecule has 3 aromatic carbocycles. The number of imide groups is 2. The Labute approximate surface area is 200 Å². The smallest absolute Gasteiger partial charge is 0.335 e. The van der Waals surface area contributed by atoms with Crippen LogP contribution in [0.4, 0.5) is 10.5 Å². The lowest BCUT2D eigenvalue weighted by atomic mass is 10.1. The summed E-state index contributed by atoms with van der Waals surface area (Å²) in [5, 5.41) is 2.88. The summed E-state index contributed by atoms with van der Waals surface area (Å²) in [5.41, 5.74) is 2.24. The Bertz CT molecular complexity index is 1290. The molecule has 4 rings (SSSR count). The van der Waals surface area contributed by atoms with Crippen LogP contribution in [0.25, 0.3) is 6.08 Å². The largest absolute Gasteiger partial charge is 0.487 e. The molecule has 0 radical (unpaired) electrons. The van der Waals surface area contributed by atoms with Crippen molar-refractivity contribution >= 4 is 52.8 Å². The summed E-state index contributed by atoms with van der Waals surface area (Å²) in [7, 11) is 0. The second kappa shape index (κ2) is 9.48. The third kappa shape index (κ3) is 4.92. The van der Waals surface area contributed by atoms with Gasteiger partial charge in [0.05, 0.1) is 10.7 Å². The fourth-order valence-electron chi connectivity index (χ4n) is 3.33. The van der Waals surface area contributed by atoms with Crippen molar-refractivity contribution in [1.29, 1.82) is 0 Å². The van der Waals surface area contributed by atoms with Crippen LogP contribution < -0.4 is 15.0 Å². The summed E-state index contributed by atoms with van der Waals surface area (Å²) in [6, 6.07) is 18.5. The highest BCUT2D eigenvalue weighted by molar-refractivity contribution is 6.40. The van der Waals surface area contributed by atoms with Crippen LogP contribution in [-0.2, 0) is 16.2 Å². The number of benzene rings is 3. The molecular formula is C25H18Cl2N2O4. The molecule has 6 nitrogen and oxygen atoms in total. The molecule has 3 aromatic rings. The fraction of sp³-hybridized carbons (Fsp3) is 0.0800. The molecule has 33 heavy (non-hydrogen) atoms. The molecule has 0 saturated carbocycles. The fourth-order valence-corrected chi connectivity index (χ4v) is 3.74. The van der Waals surface area contributed by atoms with Crippen molar-refractivity contribution in [2.24, 2.45) is 0 Å². The van der Waals surface area contributed by atoms with Gasteiger partial charge in [-0.3, -0.25) is 14.9 Å². The maximum absolute atomic E-state index is 13.1. The second-order valence-corrected chi connectivity index (χ2v) is 8.20. The number of anilines is 1. The van der Waals surface area contributed by atoms with E-state index in [0.29, 0.717) is 39.2 Å². The van der Waals surface area contributed by atoms with Crippen LogP contribution in [0.5, 0.6) is 5.75 Å². The van der Waals surface area contributed by atoms with E-state index in [1.165, 1.54) is 12.1 Å². The molecule has 1 fully saturated rings. The Balaban J connectivity index is 1.60. The van der Waals surface area contributed by atoms with E-state index in [1.54, 1.807) is 37.3 Å². The van der Waals surface area contributed by atoms with Gasteiger partial charge in [0.25, 0.3) is 11.8 Å². The van der Waals surface area contributed by atoms with Gasteiger partial charge in [0.1, 0.15) is 17.9 Å². The van der Waals surface area contributed by atoms with Crippen LogP contribution in [0.15, 0.2) is 72.3 Å². The number of nitrogens with zero attached hydrogens (tertiary/aromatic N) is 1. The molecule has 8 heteroatoms. The molecule has 1 heterocycles. The van der Waals surface area contributed by atoms with E-state index in [9.17, 15) is 14.4 Å². The lowest BCUT2D eigenvalue weighted by Gasteiger charge is -2.27. The third-order valence-corrected chi connectivity index (χ3v) is 5.55. The zero-order valence-corrected chi connectivity index (χ0v) is 19.0. The lowest BCUT2D eigenvalue weighted by molar-refractivity contribution is -0.122. The molecule has 0 aliphatic carbocycles. The van der Waals surface area contributed by atoms with E-state index >= 15 is 0 Å². The molecular weight excluding hydrogens is 463 g/mol. The Morgan fingerprint density at radius 1 is 0.970 bits per heavy atom. The van der Waals surface area contributed by atoms with Crippen molar-refractivity contribution in [3.8, 4) is 5.75 Å². The first-order chi connectivity index (χ1) is 15.8. The molecule has 0 bridgehead atoms. The molecule has 1 saturated heterocycles. The Morgan fingerprint density at radius 3 is 2.45 bits per heavy atom. The van der Waals surface area contributed by atoms with Gasteiger partial charge in [0.2, 0.25) is 0 Å². The zero-order chi connectivity index (χ0) is 23.5. The van der Waals surface area contributed by atoms with Gasteiger partial charge < -0.3 is 4.74 Å². The second-order valence-electron chi connectivity index (χ2n) is 7.35. The predicted molar refractivity (Wildman–Crippen MR) is 127 cm³/mol. The number of aryl methyl sites for hydroxylation is 1. The minimum absolute atomic E-state index is 0.206. The van der Waals surface area contributed by atoms with Gasteiger partial charge in [-0.25, -0.2) is 9.69 Å². The minimum Gasteiger partial charge on any atom is -0.487 e. The normalized spacial score (nSPS) is 15.1. The van der Waals surface area contributed by atoms with Crippen molar-refractivity contribution < 1.29 is 19.1 Å². The highest BCUT2D eigenvalue weighted by Crippen LogP contribution is 2.30. The summed E-state index contributed by atoms with van der Waals surface area (Å²) in [6.45, 7) is 2.08. The van der Waals surface area contributed by atoms with E-state index in [0.717, 1.165) is 10.5 Å². The molecule has 0 aromatic heterocycles. The third-order valence-electron chi connectivity index (χ3n) is 5.02. The highest BCUT2D eigenvalue weighted by Gasteiger charge is 2.37. The van der Waals surface area contributed by atoms with Gasteiger partial charge in [-0.2, -0.15) is 0 Å². The summed E-state index contributed by atoms with van der Waals surface area (Å²) >= 11 is 12.4. The zero-order valence-electron chi connectivity index (χ0n) is 17.5. The van der Waals surface area contributed by atoms with Gasteiger partial charge in [0, 0.05) is 5.02 Å². The first kappa shape index (κ1) is 22.6. The maximum atomic E-state index is 13.1. The Hall–Kier alpha value is -3.61. The molecule has 0 spiro atoms. The number of halogens is 2. The van der Waals surface area contributed by atoms with Gasteiger partial charge in [-0.1, -0.05) is 65.7 Å². The summed E-state index contributed by atoms with van der Waals surface area (Å²) < 4.78 is 5.76. The maximum Gasteiger partial charge on any atom is 0.335 e. The summed E-state index contributed by atoms with van der Waals surface area (Å²) in [4.78, 5) is 38.9. The van der Waals surface area contributed by atoms with Crippen molar-refractivity contribution in [1.82, 2.24) is 5.32 Å². The average Bonchev–Trinajstić information content (AvgIpc) is 2.79. The van der Waals surface area contributed by atoms with Crippen molar-refractivity contribution in [2.75, 3.05) is 4.90 Å². The van der Waals surface area contributed by atoms with Gasteiger partial charge in [-0.15, -0.1) is 0 Å². The highest BCUT2D eigenvalue weighted by atomic mass is 35.5. The van der Waals surface area contributed by atoms with E-state index in [1.807, 2.05) is 30.3 Å². The molecule has 1 aliphatic rings. The number of rotatable bonds is 5. The van der Waals surface area contributed by atoms with Crippen molar-refractivity contribution in [2.45, 2.75) is 13.5 Å². The first-order valence-electron chi connectivity index (χ1n) is 9.97. The van der Waals surface area contributed by atoms with Crippen LogP contribution in [0.1, 0.15) is 16.7 Å². The van der Waals surface area contributed by atoms with Crippen LogP contribution in [-0.4, -0.2) is 17.8 Å². The summed E-state index contributed by atoms with van der Waals surface area (Å²) in [5.74, 6) is -1.08. The van der Waals surface area contributed by atoms with E-state index in [-0.39, 0.29) is 5.57 Å². The number of carbonyl (C=O) groups is 3. The lowest BCUT2D eigenvalue weighted by Crippen LogP contribution is -2.54. The van der Waals surface area contributed by atoms with Gasteiger partial charge in [0.15, 0.2) is 0 Å². The van der Waals surface area contributed by atoms with Crippen molar-refractivity contribution in [3.63, 3.8) is 0 Å². The Morgan fingerprint density at radius 2 is 1.73 bits per heavy atom. The molecule has 1 aliphatic heterocycles. The molecule has 166 valence electrons. The van der Waals surface area contributed by atoms with Gasteiger partial charge >= 0.3 is 6.03 Å². The molecule has 0 unspecified atom stereocenters. The van der Waals surface area contributed by atoms with Crippen LogP contribution >= 0.6 is 23.2 Å². The standard InChI is InChI=1S/C25H18Cl2N2O4/c1-15-7-9-18(26)13-21(15)29-24(31)19(23(30)28-25(29)32)11-17-8-10-22(20(27)12-17)33-14-16-5-3-2-4-6-16/h2-13H,14H2,1H3,(H,28,30,32)/b19-11+. The van der Waals surface area contributed by atoms with E-state index in [4.69, 9.17) is 27.9 Å². The quantitative estimate of drug-likeness (QED) is 0.383. The number of hydrogen-bond donors (Lipinski definition) is 1. The number of ether oxygens (including phenoxy) is 1.